The Morgan fingerprint density at radius 2 is 0.473 bits per heavy atom. The topological polar surface area (TPSA) is 0 Å². The molecular weight excluding hydrogens is 661 g/mol. The quantitative estimate of drug-likeness (QED) is 0.231. The van der Waals surface area contributed by atoms with Crippen molar-refractivity contribution in [2.45, 2.75) is 264 Å². The molecule has 0 saturated heterocycles. The number of hydrogen-bond acceptors (Lipinski definition) is 0. The van der Waals surface area contributed by atoms with Crippen molar-refractivity contribution in [1.82, 2.24) is 0 Å². The van der Waals surface area contributed by atoms with Gasteiger partial charge in [-0.2, -0.15) is 0 Å². The molecule has 318 valence electrons. The number of hydrogen-bond donors (Lipinski definition) is 0. The van der Waals surface area contributed by atoms with Gasteiger partial charge in [0.15, 0.2) is 0 Å². The van der Waals surface area contributed by atoms with Crippen molar-refractivity contribution in [2.75, 3.05) is 0 Å². The first-order chi connectivity index (χ1) is 26.7. The van der Waals surface area contributed by atoms with E-state index in [2.05, 4.69) is 20.8 Å². The van der Waals surface area contributed by atoms with Gasteiger partial charge in [-0.05, 0) is 243 Å². The van der Waals surface area contributed by atoms with Crippen LogP contribution in [0.15, 0.2) is 0 Å². The molecule has 13 aliphatic rings. The lowest BCUT2D eigenvalue weighted by Gasteiger charge is -2.99. The van der Waals surface area contributed by atoms with Crippen molar-refractivity contribution in [1.29, 1.82) is 0 Å². The van der Waals surface area contributed by atoms with Crippen LogP contribution in [0.25, 0.3) is 0 Å². The average molecular weight is 759 g/mol. The third-order valence-corrected chi connectivity index (χ3v) is 25.3. The summed E-state index contributed by atoms with van der Waals surface area (Å²) in [6.45, 7) is 32.0. The van der Waals surface area contributed by atoms with Gasteiger partial charge in [-0.15, -0.1) is 0 Å². The van der Waals surface area contributed by atoms with Gasteiger partial charge < -0.3 is 0 Å². The van der Waals surface area contributed by atoms with Crippen LogP contribution in [0.1, 0.15) is 264 Å². The minimum atomic E-state index is 0.799. The average Bonchev–Trinajstić information content (AvgIpc) is 3.11. The molecule has 0 aromatic carbocycles. The summed E-state index contributed by atoms with van der Waals surface area (Å²) in [4.78, 5) is 0. The first-order valence-corrected chi connectivity index (χ1v) is 26.7. The Morgan fingerprint density at radius 1 is 0.255 bits per heavy atom. The maximum atomic E-state index is 2.71. The van der Waals surface area contributed by atoms with Gasteiger partial charge >= 0.3 is 0 Å². The molecule has 0 N–H and O–H groups in total. The lowest BCUT2D eigenvalue weighted by molar-refractivity contribution is -0.509. The van der Waals surface area contributed by atoms with Crippen LogP contribution in [0.3, 0.4) is 0 Å². The SMILES string of the molecule is CC.CC.CC.CC.CC.CC.CC1CC2(CCC23CCC32CCC23CCC32CCC23CCC32CCC23CCC32CCC23CCC32CCC23CCC3C)C1C. The highest BCUT2D eigenvalue weighted by Crippen LogP contribution is 3.05. The zero-order chi connectivity index (χ0) is 40.4. The Kier molecular flexibility index (Phi) is 10.6. The molecule has 0 heteroatoms. The first kappa shape index (κ1) is 43.1. The molecule has 0 aromatic heterocycles. The normalized spacial score (nSPS) is 59.5. The van der Waals surface area contributed by atoms with E-state index < -0.39 is 0 Å². The van der Waals surface area contributed by atoms with Crippen molar-refractivity contribution in [3.8, 4) is 0 Å². The van der Waals surface area contributed by atoms with E-state index in [1.807, 2.05) is 83.1 Å². The Bertz CT molecular complexity index is 1380. The van der Waals surface area contributed by atoms with Gasteiger partial charge in [-0.25, -0.2) is 0 Å². The molecule has 55 heavy (non-hydrogen) atoms. The van der Waals surface area contributed by atoms with Crippen LogP contribution in [-0.4, -0.2) is 0 Å². The highest BCUT2D eigenvalue weighted by molar-refractivity contribution is 5.45. The Labute approximate surface area is 345 Å². The second-order valence-corrected chi connectivity index (χ2v) is 22.0. The Morgan fingerprint density at radius 3 is 0.600 bits per heavy atom. The fourth-order valence-electron chi connectivity index (χ4n) is 22.9. The van der Waals surface area contributed by atoms with E-state index in [0.717, 1.165) is 82.7 Å². The monoisotopic (exact) mass is 759 g/mol. The van der Waals surface area contributed by atoms with Gasteiger partial charge in [-0.3, -0.25) is 0 Å². The summed E-state index contributed by atoms with van der Waals surface area (Å²) in [6.07, 6.45) is 41.6. The molecule has 13 rings (SSSR count). The summed E-state index contributed by atoms with van der Waals surface area (Å²) >= 11 is 0. The standard InChI is InChI=1S/C43H62.6C2H6/c1-29-28-33(31(29)3)7-9-35(33)11-13-37(35)15-17-39(37)19-21-41(39)23-25-43(41)27-26-42(43)24-22-40(42)20-18-38(40)16-14-36(38)12-10-34(36)8-6-32(34)5-4-30(32)2;6*1-2/h29-31H,4-28H2,1-3H3;6*1-2H3. The first-order valence-electron chi connectivity index (χ1n) is 26.7. The molecule has 13 saturated carbocycles. The second-order valence-electron chi connectivity index (χ2n) is 22.0. The summed E-state index contributed by atoms with van der Waals surface area (Å²) in [7, 11) is 0. The van der Waals surface area contributed by atoms with Crippen LogP contribution in [0.2, 0.25) is 0 Å². The number of rotatable bonds is 0. The van der Waals surface area contributed by atoms with Crippen LogP contribution in [0.5, 0.6) is 0 Å². The largest absolute Gasteiger partial charge is 0.0683 e. The molecule has 0 amide bonds. The van der Waals surface area contributed by atoms with E-state index in [4.69, 9.17) is 0 Å². The lowest BCUT2D eigenvalue weighted by Crippen LogP contribution is -2.92. The maximum Gasteiger partial charge on any atom is -0.0173 e. The fourth-order valence-corrected chi connectivity index (χ4v) is 22.9. The van der Waals surface area contributed by atoms with E-state index in [-0.39, 0.29) is 0 Å². The summed E-state index contributed by atoms with van der Waals surface area (Å²) in [5, 5.41) is 0. The molecule has 0 aliphatic heterocycles. The van der Waals surface area contributed by atoms with Crippen molar-refractivity contribution >= 4 is 0 Å². The van der Waals surface area contributed by atoms with Crippen molar-refractivity contribution in [3.05, 3.63) is 0 Å². The van der Waals surface area contributed by atoms with Gasteiger partial charge in [0.05, 0.1) is 0 Å². The Hall–Kier alpha value is 0. The molecule has 0 bridgehead atoms. The van der Waals surface area contributed by atoms with Crippen molar-refractivity contribution in [3.63, 3.8) is 0 Å². The lowest BCUT2D eigenvalue weighted by atomic mass is 9.05. The van der Waals surface area contributed by atoms with Gasteiger partial charge in [0, 0.05) is 0 Å². The van der Waals surface area contributed by atoms with Crippen LogP contribution in [0.4, 0.5) is 0 Å². The van der Waals surface area contributed by atoms with E-state index in [1.165, 1.54) is 0 Å². The summed E-state index contributed by atoms with van der Waals surface area (Å²) in [5.74, 6) is 3.10. The third kappa shape index (κ3) is 3.54. The molecule has 13 fully saturated rings. The number of fused-ring (bicyclic) bond motifs is 11. The smallest absolute Gasteiger partial charge is 0.0173 e. The summed E-state index contributed by atoms with van der Waals surface area (Å²) < 4.78 is 0. The van der Waals surface area contributed by atoms with Crippen LogP contribution in [0, 0.1) is 82.7 Å². The van der Waals surface area contributed by atoms with Gasteiger partial charge in [0.1, 0.15) is 0 Å². The zero-order valence-electron chi connectivity index (χ0n) is 40.4. The molecule has 15 atom stereocenters. The minimum absolute atomic E-state index is 0.799. The molecular formula is C55H98. The summed E-state index contributed by atoms with van der Waals surface area (Å²) in [5.41, 5.74) is 9.83. The fraction of sp³-hybridized carbons (Fsp3) is 1.00. The van der Waals surface area contributed by atoms with E-state index in [1.54, 1.807) is 161 Å². The van der Waals surface area contributed by atoms with Gasteiger partial charge in [-0.1, -0.05) is 104 Å². The second kappa shape index (κ2) is 13.5. The maximum absolute atomic E-state index is 2.71. The van der Waals surface area contributed by atoms with E-state index in [0.29, 0.717) is 0 Å². The minimum Gasteiger partial charge on any atom is -0.0683 e. The van der Waals surface area contributed by atoms with Crippen LogP contribution < -0.4 is 0 Å². The molecule has 15 unspecified atom stereocenters. The zero-order valence-corrected chi connectivity index (χ0v) is 40.4. The van der Waals surface area contributed by atoms with E-state index >= 15 is 0 Å². The molecule has 12 spiro atoms. The van der Waals surface area contributed by atoms with E-state index in [9.17, 15) is 0 Å². The molecule has 13 aliphatic carbocycles. The highest BCUT2D eigenvalue weighted by Gasteiger charge is 2.97. The predicted molar refractivity (Wildman–Crippen MR) is 240 cm³/mol. The predicted octanol–water partition coefficient (Wildman–Crippen LogP) is 17.8. The van der Waals surface area contributed by atoms with Crippen LogP contribution in [-0.2, 0) is 0 Å². The highest BCUT2D eigenvalue weighted by atomic mass is 15.0. The molecule has 0 aromatic rings. The molecule has 0 radical (unpaired) electrons. The van der Waals surface area contributed by atoms with Crippen molar-refractivity contribution < 1.29 is 0 Å². The van der Waals surface area contributed by atoms with Gasteiger partial charge in [0.25, 0.3) is 0 Å². The third-order valence-electron chi connectivity index (χ3n) is 25.3. The summed E-state index contributed by atoms with van der Waals surface area (Å²) in [6, 6.07) is 0. The van der Waals surface area contributed by atoms with Crippen LogP contribution >= 0.6 is 0 Å². The van der Waals surface area contributed by atoms with Crippen molar-refractivity contribution in [2.24, 2.45) is 82.7 Å². The molecule has 0 heterocycles. The molecule has 0 nitrogen and oxygen atoms in total. The van der Waals surface area contributed by atoms with Gasteiger partial charge in [0.2, 0.25) is 0 Å². The Balaban J connectivity index is 0.000000358.